The largest absolute Gasteiger partial charge is 0.481 e. The fourth-order valence-electron chi connectivity index (χ4n) is 4.02. The second-order valence-corrected chi connectivity index (χ2v) is 7.76. The number of aliphatic hydroxyl groups excluding tert-OH is 1. The molecule has 0 bridgehead atoms. The molecule has 2 N–H and O–H groups in total. The highest BCUT2D eigenvalue weighted by molar-refractivity contribution is 5.85. The number of hydrogen-bond acceptors (Lipinski definition) is 6. The van der Waals surface area contributed by atoms with Gasteiger partial charge in [0.2, 0.25) is 5.88 Å². The number of hydrogen-bond donors (Lipinski definition) is 2. The van der Waals surface area contributed by atoms with Crippen molar-refractivity contribution in [2.75, 3.05) is 33.3 Å². The molecule has 1 aliphatic heterocycles. The summed E-state index contributed by atoms with van der Waals surface area (Å²) >= 11 is 0. The van der Waals surface area contributed by atoms with Crippen LogP contribution in [0.25, 0.3) is 11.0 Å². The Balaban J connectivity index is 0.00000272. The van der Waals surface area contributed by atoms with E-state index in [0.717, 1.165) is 19.6 Å². The van der Waals surface area contributed by atoms with Crippen LogP contribution in [0.5, 0.6) is 5.88 Å². The monoisotopic (exact) mass is 446 g/mol. The molecule has 3 heterocycles. The van der Waals surface area contributed by atoms with Gasteiger partial charge in [0.05, 0.1) is 30.4 Å². The Morgan fingerprint density at radius 2 is 2.00 bits per heavy atom. The number of nitrogens with zero attached hydrogens (tertiary/aromatic N) is 3. The van der Waals surface area contributed by atoms with Crippen molar-refractivity contribution in [3.63, 3.8) is 0 Å². The van der Waals surface area contributed by atoms with Crippen molar-refractivity contribution < 1.29 is 14.2 Å². The first-order chi connectivity index (χ1) is 14.6. The lowest BCUT2D eigenvalue weighted by molar-refractivity contribution is 0.140. The van der Waals surface area contributed by atoms with Crippen LogP contribution < -0.4 is 10.1 Å². The van der Waals surface area contributed by atoms with Crippen molar-refractivity contribution in [3.05, 3.63) is 65.6 Å². The molecule has 2 atom stereocenters. The summed E-state index contributed by atoms with van der Waals surface area (Å²) in [7, 11) is 1.54. The Kier molecular flexibility index (Phi) is 8.15. The summed E-state index contributed by atoms with van der Waals surface area (Å²) in [6.07, 6.45) is 1.37. The highest BCUT2D eigenvalue weighted by atomic mass is 35.5. The molecule has 2 aromatic heterocycles. The number of halogens is 2. The summed E-state index contributed by atoms with van der Waals surface area (Å²) in [5.74, 6) is 0.243. The number of nitrogens with one attached hydrogen (secondary N) is 1. The van der Waals surface area contributed by atoms with Gasteiger partial charge in [0.15, 0.2) is 0 Å². The molecule has 166 valence electrons. The normalized spacial score (nSPS) is 18.8. The molecule has 0 unspecified atom stereocenters. The summed E-state index contributed by atoms with van der Waals surface area (Å²) in [5, 5.41) is 13.9. The zero-order valence-corrected chi connectivity index (χ0v) is 18.3. The first-order valence-corrected chi connectivity index (χ1v) is 10.3. The van der Waals surface area contributed by atoms with E-state index in [4.69, 9.17) is 4.74 Å². The van der Waals surface area contributed by atoms with Crippen molar-refractivity contribution in [2.45, 2.75) is 19.1 Å². The second-order valence-electron chi connectivity index (χ2n) is 7.76. The van der Waals surface area contributed by atoms with Crippen molar-refractivity contribution in [2.24, 2.45) is 5.92 Å². The molecule has 0 amide bonds. The highest BCUT2D eigenvalue weighted by Gasteiger charge is 2.30. The molecule has 1 aromatic carbocycles. The number of likely N-dealkylation sites (tertiary alicyclic amines) is 1. The van der Waals surface area contributed by atoms with Gasteiger partial charge in [-0.3, -0.25) is 4.98 Å². The van der Waals surface area contributed by atoms with Gasteiger partial charge < -0.3 is 20.1 Å². The molecule has 8 heteroatoms. The molecule has 1 aliphatic rings. The lowest BCUT2D eigenvalue weighted by Gasteiger charge is -2.17. The lowest BCUT2D eigenvalue weighted by Crippen LogP contribution is -2.30. The van der Waals surface area contributed by atoms with Gasteiger partial charge in [-0.25, -0.2) is 9.37 Å². The van der Waals surface area contributed by atoms with Crippen LogP contribution in [0.1, 0.15) is 11.1 Å². The van der Waals surface area contributed by atoms with Crippen LogP contribution in [0, 0.1) is 11.7 Å². The average molecular weight is 447 g/mol. The van der Waals surface area contributed by atoms with Crippen molar-refractivity contribution >= 4 is 23.4 Å². The van der Waals surface area contributed by atoms with E-state index in [2.05, 4.69) is 32.3 Å². The van der Waals surface area contributed by atoms with Gasteiger partial charge in [-0.1, -0.05) is 30.3 Å². The van der Waals surface area contributed by atoms with Crippen molar-refractivity contribution in [1.82, 2.24) is 20.2 Å². The molecule has 6 nitrogen and oxygen atoms in total. The van der Waals surface area contributed by atoms with Crippen LogP contribution in [0.4, 0.5) is 4.39 Å². The number of methoxy groups -OCH3 is 1. The Morgan fingerprint density at radius 3 is 2.77 bits per heavy atom. The third-order valence-electron chi connectivity index (χ3n) is 5.69. The minimum Gasteiger partial charge on any atom is -0.481 e. The Hall–Kier alpha value is -2.32. The zero-order chi connectivity index (χ0) is 20.9. The molecule has 0 aliphatic carbocycles. The van der Waals surface area contributed by atoms with E-state index in [-0.39, 0.29) is 30.2 Å². The Morgan fingerprint density at radius 1 is 1.19 bits per heavy atom. The third-order valence-corrected chi connectivity index (χ3v) is 5.69. The standard InChI is InChI=1S/C23H27FN4O2.ClH/c1-30-22-8-7-20-23(27-22)18(19(24)13-26-20)9-10-28-14-17(21(29)15-28)12-25-11-16-5-3-2-4-6-16;/h2-8,13,17,21,25,29H,9-12,14-15H2,1H3;1H/t17-,21+;/m0./s1. The Labute approximate surface area is 187 Å². The molecule has 1 fully saturated rings. The molecule has 3 aromatic rings. The first kappa shape index (κ1) is 23.3. The van der Waals surface area contributed by atoms with Gasteiger partial charge in [-0.2, -0.15) is 0 Å². The maximum atomic E-state index is 14.5. The van der Waals surface area contributed by atoms with E-state index in [1.807, 2.05) is 18.2 Å². The van der Waals surface area contributed by atoms with Crippen LogP contribution in [0.15, 0.2) is 48.7 Å². The van der Waals surface area contributed by atoms with E-state index in [1.165, 1.54) is 18.9 Å². The van der Waals surface area contributed by atoms with Gasteiger partial charge >= 0.3 is 0 Å². The minimum absolute atomic E-state index is 0. The predicted molar refractivity (Wildman–Crippen MR) is 121 cm³/mol. The van der Waals surface area contributed by atoms with E-state index in [1.54, 1.807) is 12.1 Å². The predicted octanol–water partition coefficient (Wildman–Crippen LogP) is 2.82. The smallest absolute Gasteiger partial charge is 0.213 e. The van der Waals surface area contributed by atoms with Crippen LogP contribution in [0.2, 0.25) is 0 Å². The lowest BCUT2D eigenvalue weighted by atomic mass is 10.1. The van der Waals surface area contributed by atoms with Gasteiger partial charge in [0.25, 0.3) is 0 Å². The van der Waals surface area contributed by atoms with Crippen LogP contribution >= 0.6 is 12.4 Å². The summed E-state index contributed by atoms with van der Waals surface area (Å²) in [6.45, 7) is 3.56. The second kappa shape index (κ2) is 10.8. The summed E-state index contributed by atoms with van der Waals surface area (Å²) < 4.78 is 19.7. The van der Waals surface area contributed by atoms with E-state index in [0.29, 0.717) is 42.0 Å². The summed E-state index contributed by atoms with van der Waals surface area (Å²) in [5.41, 5.74) is 2.95. The number of aromatic nitrogens is 2. The van der Waals surface area contributed by atoms with Gasteiger partial charge in [0.1, 0.15) is 5.82 Å². The minimum atomic E-state index is -0.384. The number of fused-ring (bicyclic) bond motifs is 1. The fraction of sp³-hybridized carbons (Fsp3) is 0.391. The van der Waals surface area contributed by atoms with E-state index >= 15 is 0 Å². The topological polar surface area (TPSA) is 70.5 Å². The van der Waals surface area contributed by atoms with Crippen molar-refractivity contribution in [1.29, 1.82) is 0 Å². The first-order valence-electron chi connectivity index (χ1n) is 10.3. The zero-order valence-electron chi connectivity index (χ0n) is 17.5. The molecule has 1 saturated heterocycles. The number of aliphatic hydroxyl groups is 1. The van der Waals surface area contributed by atoms with Gasteiger partial charge in [-0.15, -0.1) is 12.4 Å². The molecular weight excluding hydrogens is 419 g/mol. The third kappa shape index (κ3) is 5.68. The SMILES string of the molecule is COc1ccc2ncc(F)c(CCN3C[C@H](CNCc4ccccc4)[C@H](O)C3)c2n1.Cl. The van der Waals surface area contributed by atoms with Crippen LogP contribution in [-0.4, -0.2) is 59.4 Å². The van der Waals surface area contributed by atoms with Crippen LogP contribution in [0.3, 0.4) is 0 Å². The Bertz CT molecular complexity index is 992. The molecular formula is C23H28ClFN4O2. The summed E-state index contributed by atoms with van der Waals surface area (Å²) in [4.78, 5) is 10.7. The van der Waals surface area contributed by atoms with E-state index < -0.39 is 0 Å². The van der Waals surface area contributed by atoms with Crippen LogP contribution in [-0.2, 0) is 13.0 Å². The van der Waals surface area contributed by atoms with E-state index in [9.17, 15) is 9.50 Å². The molecule has 31 heavy (non-hydrogen) atoms. The maximum absolute atomic E-state index is 14.5. The average Bonchev–Trinajstić information content (AvgIpc) is 3.12. The maximum Gasteiger partial charge on any atom is 0.213 e. The van der Waals surface area contributed by atoms with Gasteiger partial charge in [0, 0.05) is 50.3 Å². The number of benzene rings is 1. The summed E-state index contributed by atoms with van der Waals surface area (Å²) in [6, 6.07) is 13.7. The molecule has 4 rings (SSSR count). The number of pyridine rings is 2. The highest BCUT2D eigenvalue weighted by Crippen LogP contribution is 2.23. The number of rotatable bonds is 8. The number of β-amino-alcohol motifs (C(OH)–C–C–N with tert-alkyl or cyclic N) is 1. The molecule has 0 saturated carbocycles. The molecule has 0 spiro atoms. The fourth-order valence-corrected chi connectivity index (χ4v) is 4.02. The quantitative estimate of drug-likeness (QED) is 0.554. The van der Waals surface area contributed by atoms with Gasteiger partial charge in [-0.05, 0) is 18.1 Å². The molecule has 0 radical (unpaired) electrons. The van der Waals surface area contributed by atoms with Crippen molar-refractivity contribution in [3.8, 4) is 5.88 Å². The number of ether oxygens (including phenoxy) is 1.